The molecule has 0 unspecified atom stereocenters. The molecule has 94 valence electrons. The van der Waals surface area contributed by atoms with Gasteiger partial charge in [0.2, 0.25) is 0 Å². The summed E-state index contributed by atoms with van der Waals surface area (Å²) in [6.45, 7) is 7.15. The molecule has 0 radical (unpaired) electrons. The van der Waals surface area contributed by atoms with Crippen LogP contribution in [0.3, 0.4) is 0 Å². The fourth-order valence-electron chi connectivity index (χ4n) is 2.52. The Bertz CT molecular complexity index is 349. The third-order valence-corrected chi connectivity index (χ3v) is 3.45. The highest BCUT2D eigenvalue weighted by molar-refractivity contribution is 5.01. The van der Waals surface area contributed by atoms with Crippen LogP contribution in [0, 0.1) is 12.8 Å². The zero-order chi connectivity index (χ0) is 12.3. The van der Waals surface area contributed by atoms with Gasteiger partial charge in [0.15, 0.2) is 0 Å². The maximum absolute atomic E-state index is 6.16. The van der Waals surface area contributed by atoms with Gasteiger partial charge in [-0.05, 0) is 19.3 Å². The molecule has 0 aromatic carbocycles. The number of hydrogen-bond donors (Lipinski definition) is 1. The van der Waals surface area contributed by atoms with E-state index in [-0.39, 0.29) is 0 Å². The van der Waals surface area contributed by atoms with Crippen molar-refractivity contribution in [1.29, 1.82) is 0 Å². The molecule has 2 heterocycles. The van der Waals surface area contributed by atoms with Crippen molar-refractivity contribution in [3.8, 4) is 0 Å². The molecule has 1 aliphatic rings. The van der Waals surface area contributed by atoms with E-state index in [1.165, 1.54) is 12.8 Å². The smallest absolute Gasteiger partial charge is 0.0727 e. The summed E-state index contributed by atoms with van der Waals surface area (Å²) in [7, 11) is 0. The van der Waals surface area contributed by atoms with Gasteiger partial charge in [0.1, 0.15) is 0 Å². The SMILES string of the molecule is CCC[C@@H]1CN(Cc2cnc(C)cn2)C[C@H]1N. The first-order valence-corrected chi connectivity index (χ1v) is 6.44. The molecule has 1 aliphatic heterocycles. The number of nitrogens with zero attached hydrogens (tertiary/aromatic N) is 3. The van der Waals surface area contributed by atoms with Gasteiger partial charge < -0.3 is 5.73 Å². The summed E-state index contributed by atoms with van der Waals surface area (Å²) in [6, 6.07) is 0.327. The molecule has 0 bridgehead atoms. The van der Waals surface area contributed by atoms with Crippen molar-refractivity contribution in [2.45, 2.75) is 39.3 Å². The Labute approximate surface area is 103 Å². The Kier molecular flexibility index (Phi) is 4.07. The van der Waals surface area contributed by atoms with E-state index in [0.717, 1.165) is 31.0 Å². The summed E-state index contributed by atoms with van der Waals surface area (Å²) in [4.78, 5) is 11.1. The lowest BCUT2D eigenvalue weighted by Gasteiger charge is -2.14. The van der Waals surface area contributed by atoms with Crippen molar-refractivity contribution >= 4 is 0 Å². The van der Waals surface area contributed by atoms with Crippen molar-refractivity contribution < 1.29 is 0 Å². The minimum atomic E-state index is 0.327. The summed E-state index contributed by atoms with van der Waals surface area (Å²) in [5.41, 5.74) is 8.17. The summed E-state index contributed by atoms with van der Waals surface area (Å²) >= 11 is 0. The molecule has 0 spiro atoms. The maximum Gasteiger partial charge on any atom is 0.0727 e. The van der Waals surface area contributed by atoms with Crippen LogP contribution in [-0.2, 0) is 6.54 Å². The van der Waals surface area contributed by atoms with Gasteiger partial charge in [-0.25, -0.2) is 0 Å². The van der Waals surface area contributed by atoms with Gasteiger partial charge in [-0.1, -0.05) is 13.3 Å². The van der Waals surface area contributed by atoms with Crippen LogP contribution in [0.1, 0.15) is 31.2 Å². The minimum absolute atomic E-state index is 0.327. The van der Waals surface area contributed by atoms with Gasteiger partial charge in [-0.15, -0.1) is 0 Å². The molecule has 0 amide bonds. The van der Waals surface area contributed by atoms with Gasteiger partial charge in [0.25, 0.3) is 0 Å². The largest absolute Gasteiger partial charge is 0.326 e. The molecule has 4 nitrogen and oxygen atoms in total. The van der Waals surface area contributed by atoms with E-state index < -0.39 is 0 Å². The number of nitrogens with two attached hydrogens (primary N) is 1. The quantitative estimate of drug-likeness (QED) is 0.854. The van der Waals surface area contributed by atoms with E-state index in [9.17, 15) is 0 Å². The lowest BCUT2D eigenvalue weighted by atomic mass is 9.99. The second kappa shape index (κ2) is 5.56. The molecule has 1 saturated heterocycles. The fourth-order valence-corrected chi connectivity index (χ4v) is 2.52. The normalized spacial score (nSPS) is 25.4. The molecule has 4 heteroatoms. The van der Waals surface area contributed by atoms with Crippen LogP contribution in [0.5, 0.6) is 0 Å². The summed E-state index contributed by atoms with van der Waals surface area (Å²) in [6.07, 6.45) is 6.15. The highest BCUT2D eigenvalue weighted by Gasteiger charge is 2.29. The van der Waals surface area contributed by atoms with Crippen molar-refractivity contribution in [3.63, 3.8) is 0 Å². The van der Waals surface area contributed by atoms with Crippen LogP contribution >= 0.6 is 0 Å². The summed E-state index contributed by atoms with van der Waals surface area (Å²) in [5, 5.41) is 0. The molecule has 17 heavy (non-hydrogen) atoms. The Morgan fingerprint density at radius 3 is 2.82 bits per heavy atom. The lowest BCUT2D eigenvalue weighted by Crippen LogP contribution is -2.29. The number of rotatable bonds is 4. The van der Waals surface area contributed by atoms with Crippen LogP contribution in [0.15, 0.2) is 12.4 Å². The number of aryl methyl sites for hydroxylation is 1. The van der Waals surface area contributed by atoms with Crippen LogP contribution in [0.2, 0.25) is 0 Å². The zero-order valence-corrected chi connectivity index (χ0v) is 10.8. The molecule has 2 atom stereocenters. The van der Waals surface area contributed by atoms with Crippen molar-refractivity contribution in [3.05, 3.63) is 23.8 Å². The monoisotopic (exact) mass is 234 g/mol. The topological polar surface area (TPSA) is 55.0 Å². The Balaban J connectivity index is 1.90. The second-order valence-corrected chi connectivity index (χ2v) is 5.06. The molecule has 0 saturated carbocycles. The zero-order valence-electron chi connectivity index (χ0n) is 10.8. The van der Waals surface area contributed by atoms with Gasteiger partial charge in [0, 0.05) is 38.1 Å². The van der Waals surface area contributed by atoms with Gasteiger partial charge in [-0.3, -0.25) is 14.9 Å². The third kappa shape index (κ3) is 3.23. The first kappa shape index (κ1) is 12.5. The van der Waals surface area contributed by atoms with E-state index in [4.69, 9.17) is 5.73 Å². The standard InChI is InChI=1S/C13H22N4/c1-3-4-11-7-17(9-13(11)14)8-12-6-15-10(2)5-16-12/h5-6,11,13H,3-4,7-9,14H2,1-2H3/t11-,13-/m1/s1. The van der Waals surface area contributed by atoms with E-state index in [1.807, 2.05) is 19.3 Å². The van der Waals surface area contributed by atoms with Gasteiger partial charge in [-0.2, -0.15) is 0 Å². The van der Waals surface area contributed by atoms with Gasteiger partial charge >= 0.3 is 0 Å². The van der Waals surface area contributed by atoms with Crippen LogP contribution < -0.4 is 5.73 Å². The lowest BCUT2D eigenvalue weighted by molar-refractivity contribution is 0.308. The van der Waals surface area contributed by atoms with Crippen LogP contribution in [0.4, 0.5) is 0 Å². The Morgan fingerprint density at radius 1 is 1.35 bits per heavy atom. The average Bonchev–Trinajstić information content (AvgIpc) is 2.63. The van der Waals surface area contributed by atoms with E-state index in [1.54, 1.807) is 0 Å². The first-order valence-electron chi connectivity index (χ1n) is 6.44. The average molecular weight is 234 g/mol. The molecule has 2 rings (SSSR count). The highest BCUT2D eigenvalue weighted by Crippen LogP contribution is 2.21. The highest BCUT2D eigenvalue weighted by atomic mass is 15.2. The summed E-state index contributed by atoms with van der Waals surface area (Å²) in [5.74, 6) is 0.651. The molecule has 1 fully saturated rings. The van der Waals surface area contributed by atoms with E-state index >= 15 is 0 Å². The maximum atomic E-state index is 6.16. The first-order chi connectivity index (χ1) is 8.19. The van der Waals surface area contributed by atoms with E-state index in [2.05, 4.69) is 21.8 Å². The van der Waals surface area contributed by atoms with Gasteiger partial charge in [0.05, 0.1) is 11.4 Å². The number of aromatic nitrogens is 2. The van der Waals surface area contributed by atoms with Crippen molar-refractivity contribution in [1.82, 2.24) is 14.9 Å². The number of hydrogen-bond acceptors (Lipinski definition) is 4. The van der Waals surface area contributed by atoms with Crippen LogP contribution in [-0.4, -0.2) is 34.0 Å². The molecule has 1 aromatic rings. The second-order valence-electron chi connectivity index (χ2n) is 5.06. The van der Waals surface area contributed by atoms with Crippen molar-refractivity contribution in [2.24, 2.45) is 11.7 Å². The van der Waals surface area contributed by atoms with E-state index in [0.29, 0.717) is 12.0 Å². The fraction of sp³-hybridized carbons (Fsp3) is 0.692. The number of likely N-dealkylation sites (tertiary alicyclic amines) is 1. The van der Waals surface area contributed by atoms with Crippen molar-refractivity contribution in [2.75, 3.05) is 13.1 Å². The summed E-state index contributed by atoms with van der Waals surface area (Å²) < 4.78 is 0. The predicted octanol–water partition coefficient (Wildman–Crippen LogP) is 1.34. The molecular formula is C13H22N4. The molecule has 0 aliphatic carbocycles. The minimum Gasteiger partial charge on any atom is -0.326 e. The Morgan fingerprint density at radius 2 is 2.18 bits per heavy atom. The predicted molar refractivity (Wildman–Crippen MR) is 68.4 cm³/mol. The Hall–Kier alpha value is -1.00. The van der Waals surface area contributed by atoms with Crippen LogP contribution in [0.25, 0.3) is 0 Å². The molecule has 2 N–H and O–H groups in total. The molecular weight excluding hydrogens is 212 g/mol. The molecule has 1 aromatic heterocycles. The third-order valence-electron chi connectivity index (χ3n) is 3.45.